The van der Waals surface area contributed by atoms with E-state index in [0.29, 0.717) is 10.8 Å². The van der Waals surface area contributed by atoms with Crippen LogP contribution in [0.4, 0.5) is 0 Å². The Kier molecular flexibility index (Phi) is 0.867. The minimum Gasteiger partial charge on any atom is -0.0989 e. The molecule has 0 amide bonds. The lowest BCUT2D eigenvalue weighted by molar-refractivity contribution is 0.0541. The maximum absolute atomic E-state index is 4.13. The Morgan fingerprint density at radius 3 is 2.30 bits per heavy atom. The van der Waals surface area contributed by atoms with Crippen LogP contribution in [0.15, 0.2) is 12.2 Å². The Morgan fingerprint density at radius 1 is 1.60 bits per heavy atom. The third kappa shape index (κ3) is 0.372. The number of rotatable bonds is 1. The van der Waals surface area contributed by atoms with Gasteiger partial charge in [-0.1, -0.05) is 32.9 Å². The molecule has 0 aromatic carbocycles. The van der Waals surface area contributed by atoms with Gasteiger partial charge in [0.25, 0.3) is 0 Å². The Morgan fingerprint density at radius 2 is 2.20 bits per heavy atom. The Hall–Kier alpha value is -0.260. The van der Waals surface area contributed by atoms with E-state index in [1.165, 1.54) is 12.8 Å². The lowest BCUT2D eigenvalue weighted by Crippen LogP contribution is -2.36. The van der Waals surface area contributed by atoms with Crippen LogP contribution in [-0.4, -0.2) is 0 Å². The first-order valence-electron chi connectivity index (χ1n) is 4.25. The van der Waals surface area contributed by atoms with Crippen LogP contribution in [0.1, 0.15) is 33.6 Å². The van der Waals surface area contributed by atoms with Crippen LogP contribution in [0.3, 0.4) is 0 Å². The number of allylic oxidation sites excluding steroid dienone is 1. The molecule has 0 heteroatoms. The topological polar surface area (TPSA) is 0 Å². The maximum atomic E-state index is 4.13. The van der Waals surface area contributed by atoms with E-state index in [2.05, 4.69) is 27.4 Å². The molecule has 0 N–H and O–H groups in total. The monoisotopic (exact) mass is 136 g/mol. The lowest BCUT2D eigenvalue weighted by Gasteiger charge is -2.43. The molecule has 2 saturated carbocycles. The van der Waals surface area contributed by atoms with Gasteiger partial charge < -0.3 is 0 Å². The molecule has 56 valence electrons. The lowest BCUT2D eigenvalue weighted by atomic mass is 9.61. The van der Waals surface area contributed by atoms with Crippen molar-refractivity contribution in [3.8, 4) is 0 Å². The van der Waals surface area contributed by atoms with E-state index in [1.807, 2.05) is 0 Å². The fraction of sp³-hybridized carbons (Fsp3) is 0.800. The molecule has 2 unspecified atom stereocenters. The van der Waals surface area contributed by atoms with Gasteiger partial charge in [0.15, 0.2) is 0 Å². The molecule has 2 atom stereocenters. The Balaban J connectivity index is 2.31. The largest absolute Gasteiger partial charge is 0.0989 e. The number of hydrogen-bond acceptors (Lipinski definition) is 0. The van der Waals surface area contributed by atoms with E-state index in [-0.39, 0.29) is 0 Å². The summed E-state index contributed by atoms with van der Waals surface area (Å²) in [5.74, 6) is 0.910. The first-order chi connectivity index (χ1) is 4.56. The summed E-state index contributed by atoms with van der Waals surface area (Å²) in [6, 6.07) is 0. The van der Waals surface area contributed by atoms with Gasteiger partial charge in [-0.2, -0.15) is 0 Å². The van der Waals surface area contributed by atoms with Crippen molar-refractivity contribution in [2.45, 2.75) is 33.6 Å². The van der Waals surface area contributed by atoms with Gasteiger partial charge in [-0.3, -0.25) is 0 Å². The third-order valence-electron chi connectivity index (χ3n) is 3.98. The van der Waals surface area contributed by atoms with E-state index < -0.39 is 0 Å². The van der Waals surface area contributed by atoms with E-state index in [9.17, 15) is 0 Å². The molecular formula is C10H16. The zero-order valence-electron chi connectivity index (χ0n) is 7.20. The van der Waals surface area contributed by atoms with Crippen molar-refractivity contribution in [2.24, 2.45) is 16.7 Å². The SMILES string of the molecule is C=C1C2CC(C)(C)C12CC. The fourth-order valence-electron chi connectivity index (χ4n) is 3.23. The van der Waals surface area contributed by atoms with Crippen molar-refractivity contribution in [3.63, 3.8) is 0 Å². The van der Waals surface area contributed by atoms with Crippen molar-refractivity contribution >= 4 is 0 Å². The van der Waals surface area contributed by atoms with Crippen molar-refractivity contribution in [1.29, 1.82) is 0 Å². The van der Waals surface area contributed by atoms with Crippen LogP contribution in [0.25, 0.3) is 0 Å². The van der Waals surface area contributed by atoms with E-state index in [4.69, 9.17) is 0 Å². The summed E-state index contributed by atoms with van der Waals surface area (Å²) < 4.78 is 0. The van der Waals surface area contributed by atoms with Gasteiger partial charge in [-0.05, 0) is 24.2 Å². The highest BCUT2D eigenvalue weighted by molar-refractivity contribution is 5.45. The molecule has 2 aliphatic carbocycles. The predicted molar refractivity (Wildman–Crippen MR) is 43.8 cm³/mol. The van der Waals surface area contributed by atoms with Crippen LogP contribution >= 0.6 is 0 Å². The molecule has 0 spiro atoms. The fourth-order valence-corrected chi connectivity index (χ4v) is 3.23. The van der Waals surface area contributed by atoms with Crippen LogP contribution in [0.2, 0.25) is 0 Å². The van der Waals surface area contributed by atoms with E-state index in [0.717, 1.165) is 5.92 Å². The molecule has 2 aliphatic rings. The number of fused-ring (bicyclic) bond motifs is 1. The molecular weight excluding hydrogens is 120 g/mol. The molecule has 0 radical (unpaired) electrons. The molecule has 2 rings (SSSR count). The van der Waals surface area contributed by atoms with Gasteiger partial charge in [0, 0.05) is 5.41 Å². The van der Waals surface area contributed by atoms with Crippen molar-refractivity contribution < 1.29 is 0 Å². The van der Waals surface area contributed by atoms with Crippen LogP contribution < -0.4 is 0 Å². The predicted octanol–water partition coefficient (Wildman–Crippen LogP) is 3.00. The molecule has 0 heterocycles. The molecule has 0 saturated heterocycles. The zero-order valence-corrected chi connectivity index (χ0v) is 7.20. The van der Waals surface area contributed by atoms with Crippen LogP contribution in [0, 0.1) is 16.7 Å². The highest BCUT2D eigenvalue weighted by Crippen LogP contribution is 2.81. The van der Waals surface area contributed by atoms with Crippen molar-refractivity contribution in [2.75, 3.05) is 0 Å². The van der Waals surface area contributed by atoms with Gasteiger partial charge in [0.05, 0.1) is 0 Å². The molecule has 0 aliphatic heterocycles. The average Bonchev–Trinajstić information content (AvgIpc) is 2.32. The van der Waals surface area contributed by atoms with Crippen molar-refractivity contribution in [1.82, 2.24) is 0 Å². The van der Waals surface area contributed by atoms with Gasteiger partial charge in [-0.25, -0.2) is 0 Å². The van der Waals surface area contributed by atoms with Gasteiger partial charge in [0.2, 0.25) is 0 Å². The third-order valence-corrected chi connectivity index (χ3v) is 3.98. The average molecular weight is 136 g/mol. The minimum absolute atomic E-state index is 0.573. The molecule has 0 nitrogen and oxygen atoms in total. The smallest absolute Gasteiger partial charge is 0.00267 e. The van der Waals surface area contributed by atoms with Crippen LogP contribution in [-0.2, 0) is 0 Å². The zero-order chi connectivity index (χ0) is 7.57. The summed E-state index contributed by atoms with van der Waals surface area (Å²) in [7, 11) is 0. The second kappa shape index (κ2) is 1.34. The quantitative estimate of drug-likeness (QED) is 0.486. The standard InChI is InChI=1S/C10H16/c1-5-10-7(2)8(10)6-9(10,3)4/h8H,2,5-6H2,1,3-4H3. The minimum atomic E-state index is 0.573. The van der Waals surface area contributed by atoms with E-state index in [1.54, 1.807) is 5.57 Å². The molecule has 2 fully saturated rings. The normalized spacial score (nSPS) is 47.9. The first-order valence-corrected chi connectivity index (χ1v) is 4.25. The molecule has 0 bridgehead atoms. The highest BCUT2D eigenvalue weighted by Gasteiger charge is 2.73. The van der Waals surface area contributed by atoms with Gasteiger partial charge >= 0.3 is 0 Å². The molecule has 0 aromatic heterocycles. The summed E-state index contributed by atoms with van der Waals surface area (Å²) in [6.45, 7) is 11.2. The summed E-state index contributed by atoms with van der Waals surface area (Å²) >= 11 is 0. The van der Waals surface area contributed by atoms with Gasteiger partial charge in [0.1, 0.15) is 0 Å². The van der Waals surface area contributed by atoms with Crippen molar-refractivity contribution in [3.05, 3.63) is 12.2 Å². The Labute approximate surface area is 63.3 Å². The summed E-state index contributed by atoms with van der Waals surface area (Å²) in [4.78, 5) is 0. The second-order valence-electron chi connectivity index (χ2n) is 4.49. The van der Waals surface area contributed by atoms with E-state index >= 15 is 0 Å². The Bertz CT molecular complexity index is 200. The first kappa shape index (κ1) is 6.45. The highest BCUT2D eigenvalue weighted by atomic mass is 14.8. The van der Waals surface area contributed by atoms with Gasteiger partial charge in [-0.15, -0.1) is 0 Å². The summed E-state index contributed by atoms with van der Waals surface area (Å²) in [6.07, 6.45) is 2.70. The summed E-state index contributed by atoms with van der Waals surface area (Å²) in [5.41, 5.74) is 2.70. The summed E-state index contributed by atoms with van der Waals surface area (Å²) in [5, 5.41) is 0. The molecule has 0 aromatic rings. The second-order valence-corrected chi connectivity index (χ2v) is 4.49. The maximum Gasteiger partial charge on any atom is 0.00267 e. The molecule has 10 heavy (non-hydrogen) atoms. The van der Waals surface area contributed by atoms with Crippen LogP contribution in [0.5, 0.6) is 0 Å². The number of hydrogen-bond donors (Lipinski definition) is 0.